The number of likely N-dealkylation sites (tertiary alicyclic amines) is 1. The van der Waals surface area contributed by atoms with Crippen molar-refractivity contribution < 1.29 is 9.53 Å². The number of piperidine rings is 1. The summed E-state index contributed by atoms with van der Waals surface area (Å²) >= 11 is 0. The van der Waals surface area contributed by atoms with Gasteiger partial charge in [-0.05, 0) is 38.3 Å². The standard InChI is InChI=1S/C18H25N5O2/c1-3-25-17-14(7-6-10-19-17)13-20-18(24)23-12-5-4-8-16(23)15-9-11-21-22(15)2/h6-7,9-11,16H,3-5,8,12-13H2,1-2H3,(H,20,24)/t16-/m1/s1. The van der Waals surface area contributed by atoms with E-state index < -0.39 is 0 Å². The van der Waals surface area contributed by atoms with Crippen LogP contribution in [0.1, 0.15) is 43.5 Å². The Morgan fingerprint density at radius 2 is 2.24 bits per heavy atom. The Morgan fingerprint density at radius 3 is 3.00 bits per heavy atom. The van der Waals surface area contributed by atoms with Crippen molar-refractivity contribution in [2.24, 2.45) is 7.05 Å². The molecule has 0 aromatic carbocycles. The van der Waals surface area contributed by atoms with E-state index in [1.165, 1.54) is 0 Å². The van der Waals surface area contributed by atoms with E-state index in [-0.39, 0.29) is 12.1 Å². The van der Waals surface area contributed by atoms with Crippen LogP contribution >= 0.6 is 0 Å². The normalized spacial score (nSPS) is 17.4. The average molecular weight is 343 g/mol. The molecule has 3 rings (SSSR count). The minimum atomic E-state index is -0.0581. The molecule has 1 atom stereocenters. The number of urea groups is 1. The molecule has 0 aliphatic carbocycles. The summed E-state index contributed by atoms with van der Waals surface area (Å²) < 4.78 is 7.37. The summed E-state index contributed by atoms with van der Waals surface area (Å²) in [6.45, 7) is 3.62. The van der Waals surface area contributed by atoms with Crippen molar-refractivity contribution >= 4 is 6.03 Å². The molecule has 25 heavy (non-hydrogen) atoms. The van der Waals surface area contributed by atoms with Crippen molar-refractivity contribution in [3.63, 3.8) is 0 Å². The van der Waals surface area contributed by atoms with E-state index in [4.69, 9.17) is 4.74 Å². The van der Waals surface area contributed by atoms with E-state index in [1.54, 1.807) is 12.4 Å². The molecule has 2 aromatic rings. The highest BCUT2D eigenvalue weighted by Gasteiger charge is 2.29. The van der Waals surface area contributed by atoms with Gasteiger partial charge in [-0.25, -0.2) is 9.78 Å². The van der Waals surface area contributed by atoms with Gasteiger partial charge in [-0.1, -0.05) is 6.07 Å². The number of hydrogen-bond acceptors (Lipinski definition) is 4. The summed E-state index contributed by atoms with van der Waals surface area (Å²) in [5.41, 5.74) is 1.96. The van der Waals surface area contributed by atoms with Crippen molar-refractivity contribution in [1.82, 2.24) is 25.0 Å². The zero-order chi connectivity index (χ0) is 17.6. The van der Waals surface area contributed by atoms with E-state index in [9.17, 15) is 4.79 Å². The van der Waals surface area contributed by atoms with E-state index >= 15 is 0 Å². The molecule has 3 heterocycles. The first-order chi connectivity index (χ1) is 12.2. The van der Waals surface area contributed by atoms with Crippen LogP contribution in [0.3, 0.4) is 0 Å². The monoisotopic (exact) mass is 343 g/mol. The van der Waals surface area contributed by atoms with Crippen molar-refractivity contribution in [3.8, 4) is 5.88 Å². The smallest absolute Gasteiger partial charge is 0.318 e. The predicted octanol–water partition coefficient (Wildman–Crippen LogP) is 2.65. The Balaban J connectivity index is 1.68. The number of aryl methyl sites for hydroxylation is 1. The number of ether oxygens (including phenoxy) is 1. The van der Waals surface area contributed by atoms with Gasteiger partial charge in [-0.2, -0.15) is 5.10 Å². The molecule has 0 bridgehead atoms. The molecule has 7 nitrogen and oxygen atoms in total. The number of carbonyl (C=O) groups excluding carboxylic acids is 1. The van der Waals surface area contributed by atoms with E-state index in [0.717, 1.165) is 37.1 Å². The summed E-state index contributed by atoms with van der Waals surface area (Å²) in [5.74, 6) is 0.576. The van der Waals surface area contributed by atoms with Crippen LogP contribution in [0.2, 0.25) is 0 Å². The van der Waals surface area contributed by atoms with Gasteiger partial charge in [0.15, 0.2) is 0 Å². The maximum absolute atomic E-state index is 12.8. The van der Waals surface area contributed by atoms with Crippen LogP contribution in [-0.4, -0.2) is 38.8 Å². The average Bonchev–Trinajstić information content (AvgIpc) is 3.07. The molecule has 0 radical (unpaired) electrons. The number of nitrogens with one attached hydrogen (secondary N) is 1. The lowest BCUT2D eigenvalue weighted by molar-refractivity contribution is 0.147. The minimum absolute atomic E-state index is 0.0581. The molecule has 2 aromatic heterocycles. The summed E-state index contributed by atoms with van der Waals surface area (Å²) in [5, 5.41) is 7.26. The lowest BCUT2D eigenvalue weighted by Crippen LogP contribution is -2.44. The summed E-state index contributed by atoms with van der Waals surface area (Å²) in [7, 11) is 1.92. The lowest BCUT2D eigenvalue weighted by Gasteiger charge is -2.35. The molecule has 0 spiro atoms. The van der Waals surface area contributed by atoms with Crippen LogP contribution in [-0.2, 0) is 13.6 Å². The molecular weight excluding hydrogens is 318 g/mol. The van der Waals surface area contributed by atoms with Gasteiger partial charge in [-0.3, -0.25) is 4.68 Å². The third-order valence-electron chi connectivity index (χ3n) is 4.52. The molecule has 1 aliphatic heterocycles. The number of nitrogens with zero attached hydrogens (tertiary/aromatic N) is 4. The molecule has 7 heteroatoms. The maximum atomic E-state index is 12.8. The molecule has 134 valence electrons. The van der Waals surface area contributed by atoms with Crippen molar-refractivity contribution in [2.45, 2.75) is 38.8 Å². The zero-order valence-electron chi connectivity index (χ0n) is 14.8. The second-order valence-corrected chi connectivity index (χ2v) is 6.14. The summed E-state index contributed by atoms with van der Waals surface area (Å²) in [6, 6.07) is 5.78. The minimum Gasteiger partial charge on any atom is -0.478 e. The van der Waals surface area contributed by atoms with Gasteiger partial charge in [0.05, 0.1) is 18.3 Å². The van der Waals surface area contributed by atoms with Crippen LogP contribution < -0.4 is 10.1 Å². The molecule has 1 N–H and O–H groups in total. The summed E-state index contributed by atoms with van der Waals surface area (Å²) in [6.07, 6.45) is 6.59. The second kappa shape index (κ2) is 8.00. The van der Waals surface area contributed by atoms with Gasteiger partial charge < -0.3 is 15.0 Å². The van der Waals surface area contributed by atoms with Gasteiger partial charge in [0, 0.05) is 38.1 Å². The number of pyridine rings is 1. The van der Waals surface area contributed by atoms with Crippen LogP contribution in [0.4, 0.5) is 4.79 Å². The number of rotatable bonds is 5. The Labute approximate surface area is 148 Å². The second-order valence-electron chi connectivity index (χ2n) is 6.14. The quantitative estimate of drug-likeness (QED) is 0.906. The number of hydrogen-bond donors (Lipinski definition) is 1. The fraction of sp³-hybridized carbons (Fsp3) is 0.500. The van der Waals surface area contributed by atoms with Crippen LogP contribution in [0, 0.1) is 0 Å². The first-order valence-corrected chi connectivity index (χ1v) is 8.79. The lowest BCUT2D eigenvalue weighted by atomic mass is 10.00. The Hall–Kier alpha value is -2.57. The number of carbonyl (C=O) groups is 1. The van der Waals surface area contributed by atoms with Crippen LogP contribution in [0.5, 0.6) is 5.88 Å². The molecule has 1 fully saturated rings. The molecular formula is C18H25N5O2. The Bertz CT molecular complexity index is 715. The first-order valence-electron chi connectivity index (χ1n) is 8.79. The molecule has 1 saturated heterocycles. The third kappa shape index (κ3) is 3.92. The van der Waals surface area contributed by atoms with Crippen molar-refractivity contribution in [3.05, 3.63) is 41.9 Å². The fourth-order valence-electron chi connectivity index (χ4n) is 3.29. The Kier molecular flexibility index (Phi) is 5.53. The maximum Gasteiger partial charge on any atom is 0.318 e. The zero-order valence-corrected chi connectivity index (χ0v) is 14.8. The summed E-state index contributed by atoms with van der Waals surface area (Å²) in [4.78, 5) is 18.9. The van der Waals surface area contributed by atoms with Gasteiger partial charge in [0.1, 0.15) is 0 Å². The van der Waals surface area contributed by atoms with E-state index in [1.807, 2.05) is 41.8 Å². The van der Waals surface area contributed by atoms with E-state index in [2.05, 4.69) is 15.4 Å². The SMILES string of the molecule is CCOc1ncccc1CNC(=O)N1CCCC[C@@H]1c1ccnn1C. The molecule has 0 unspecified atom stereocenters. The number of aromatic nitrogens is 3. The van der Waals surface area contributed by atoms with Gasteiger partial charge in [0.2, 0.25) is 5.88 Å². The fourth-order valence-corrected chi connectivity index (χ4v) is 3.29. The Morgan fingerprint density at radius 1 is 1.36 bits per heavy atom. The predicted molar refractivity (Wildman–Crippen MR) is 94.1 cm³/mol. The van der Waals surface area contributed by atoms with Crippen LogP contribution in [0.15, 0.2) is 30.6 Å². The van der Waals surface area contributed by atoms with Crippen molar-refractivity contribution in [2.75, 3.05) is 13.2 Å². The van der Waals surface area contributed by atoms with Crippen molar-refractivity contribution in [1.29, 1.82) is 0 Å². The highest BCUT2D eigenvalue weighted by Crippen LogP contribution is 2.30. The highest BCUT2D eigenvalue weighted by molar-refractivity contribution is 5.75. The van der Waals surface area contributed by atoms with Gasteiger partial charge in [0.25, 0.3) is 0 Å². The topological polar surface area (TPSA) is 72.3 Å². The molecule has 1 aliphatic rings. The van der Waals surface area contributed by atoms with Gasteiger partial charge in [-0.15, -0.1) is 0 Å². The number of amides is 2. The largest absolute Gasteiger partial charge is 0.478 e. The first kappa shape index (κ1) is 17.3. The van der Waals surface area contributed by atoms with Gasteiger partial charge >= 0.3 is 6.03 Å². The molecule has 0 saturated carbocycles. The van der Waals surface area contributed by atoms with E-state index in [0.29, 0.717) is 19.0 Å². The highest BCUT2D eigenvalue weighted by atomic mass is 16.5. The third-order valence-corrected chi connectivity index (χ3v) is 4.52. The van der Waals surface area contributed by atoms with Crippen LogP contribution in [0.25, 0.3) is 0 Å². The molecule has 2 amide bonds.